The number of benzene rings is 1. The first-order chi connectivity index (χ1) is 13.7. The lowest BCUT2D eigenvalue weighted by molar-refractivity contribution is -0.137. The summed E-state index contributed by atoms with van der Waals surface area (Å²) >= 11 is 1.06. The van der Waals surface area contributed by atoms with Crippen LogP contribution in [0.15, 0.2) is 30.5 Å². The Hall–Kier alpha value is -3.21. The third-order valence-electron chi connectivity index (χ3n) is 3.96. The van der Waals surface area contributed by atoms with Crippen molar-refractivity contribution in [1.29, 1.82) is 0 Å². The molecule has 152 valence electrons. The highest BCUT2D eigenvalue weighted by molar-refractivity contribution is 7.18. The summed E-state index contributed by atoms with van der Waals surface area (Å²) in [5, 5.41) is 4.09. The predicted octanol–water partition coefficient (Wildman–Crippen LogP) is 3.51. The molecule has 0 saturated heterocycles. The van der Waals surface area contributed by atoms with Gasteiger partial charge in [-0.2, -0.15) is 18.2 Å². The number of halogens is 3. The topological polar surface area (TPSA) is 82.8 Å². The molecule has 3 rings (SSSR count). The second-order valence-corrected chi connectivity index (χ2v) is 6.79. The van der Waals surface area contributed by atoms with Gasteiger partial charge in [-0.05, 0) is 19.1 Å². The number of esters is 1. The fraction of sp³-hybridized carbons (Fsp3) is 0.222. The Morgan fingerprint density at radius 2 is 1.97 bits per heavy atom. The van der Waals surface area contributed by atoms with Gasteiger partial charge in [0.15, 0.2) is 0 Å². The number of thiazole rings is 1. The molecule has 29 heavy (non-hydrogen) atoms. The summed E-state index contributed by atoms with van der Waals surface area (Å²) in [7, 11) is 2.60. The van der Waals surface area contributed by atoms with Crippen LogP contribution in [0.25, 0.3) is 10.5 Å². The maximum absolute atomic E-state index is 12.9. The first kappa shape index (κ1) is 20.5. The molecule has 0 aliphatic heterocycles. The van der Waals surface area contributed by atoms with Crippen LogP contribution in [0.4, 0.5) is 13.2 Å². The molecule has 0 radical (unpaired) electrons. The van der Waals surface area contributed by atoms with Crippen LogP contribution in [-0.2, 0) is 20.4 Å². The zero-order valence-electron chi connectivity index (χ0n) is 15.4. The lowest BCUT2D eigenvalue weighted by atomic mass is 10.1. The van der Waals surface area contributed by atoms with Gasteiger partial charge in [-0.15, -0.1) is 5.10 Å². The van der Waals surface area contributed by atoms with Crippen molar-refractivity contribution in [1.82, 2.24) is 14.6 Å². The number of rotatable bonds is 5. The quantitative estimate of drug-likeness (QED) is 0.269. The molecule has 0 saturated carbocycles. The number of aromatic nitrogens is 3. The molecule has 0 fully saturated rings. The van der Waals surface area contributed by atoms with Crippen LogP contribution < -0.4 is 0 Å². The molecular formula is C18H14F3N3O4S. The van der Waals surface area contributed by atoms with Crippen molar-refractivity contribution in [2.45, 2.75) is 13.1 Å². The Morgan fingerprint density at radius 1 is 1.24 bits per heavy atom. The largest absolute Gasteiger partial charge is 0.503 e. The predicted molar refractivity (Wildman–Crippen MR) is 97.5 cm³/mol. The van der Waals surface area contributed by atoms with E-state index < -0.39 is 23.5 Å². The zero-order valence-corrected chi connectivity index (χ0v) is 16.2. The minimum Gasteiger partial charge on any atom is -0.503 e. The Balaban J connectivity index is 2.01. The molecule has 2 heterocycles. The van der Waals surface area contributed by atoms with Gasteiger partial charge in [-0.3, -0.25) is 4.79 Å². The number of carbonyl (C=O) groups excluding carboxylic acids is 2. The van der Waals surface area contributed by atoms with Crippen molar-refractivity contribution < 1.29 is 32.2 Å². The van der Waals surface area contributed by atoms with E-state index in [-0.39, 0.29) is 17.0 Å². The number of hydrogen-bond donors (Lipinski definition) is 0. The molecule has 0 bridgehead atoms. The van der Waals surface area contributed by atoms with E-state index in [1.165, 1.54) is 31.1 Å². The molecule has 0 N–H and O–H groups in total. The average Bonchev–Trinajstić information content (AvgIpc) is 3.24. The van der Waals surface area contributed by atoms with Crippen molar-refractivity contribution in [3.8, 4) is 0 Å². The van der Waals surface area contributed by atoms with Crippen molar-refractivity contribution in [3.05, 3.63) is 58.0 Å². The van der Waals surface area contributed by atoms with Crippen LogP contribution in [-0.4, -0.2) is 40.6 Å². The van der Waals surface area contributed by atoms with E-state index in [1.807, 2.05) is 0 Å². The van der Waals surface area contributed by atoms with E-state index in [4.69, 9.17) is 9.47 Å². The third-order valence-corrected chi connectivity index (χ3v) is 5.12. The maximum Gasteiger partial charge on any atom is 0.416 e. The van der Waals surface area contributed by atoms with Crippen LogP contribution in [0.3, 0.4) is 0 Å². The van der Waals surface area contributed by atoms with Gasteiger partial charge in [0.1, 0.15) is 5.57 Å². The molecule has 0 aliphatic rings. The fourth-order valence-electron chi connectivity index (χ4n) is 2.58. The third kappa shape index (κ3) is 3.86. The molecule has 0 atom stereocenters. The van der Waals surface area contributed by atoms with E-state index in [0.29, 0.717) is 15.5 Å². The van der Waals surface area contributed by atoms with E-state index in [9.17, 15) is 22.8 Å². The molecule has 2 aromatic heterocycles. The van der Waals surface area contributed by atoms with Crippen molar-refractivity contribution in [2.24, 2.45) is 0 Å². The summed E-state index contributed by atoms with van der Waals surface area (Å²) in [4.78, 5) is 29.4. The molecule has 0 amide bonds. The van der Waals surface area contributed by atoms with Gasteiger partial charge in [0, 0.05) is 5.56 Å². The normalized spacial score (nSPS) is 12.3. The highest BCUT2D eigenvalue weighted by Crippen LogP contribution is 2.31. The second kappa shape index (κ2) is 7.66. The summed E-state index contributed by atoms with van der Waals surface area (Å²) in [5.74, 6) is -1.62. The number of alkyl halides is 3. The van der Waals surface area contributed by atoms with Gasteiger partial charge < -0.3 is 9.47 Å². The Labute approximate surface area is 166 Å². The number of methoxy groups -OCH3 is 2. The summed E-state index contributed by atoms with van der Waals surface area (Å²) in [5.41, 5.74) is -0.467. The molecule has 0 unspecified atom stereocenters. The monoisotopic (exact) mass is 425 g/mol. The molecule has 3 aromatic rings. The number of ketones is 1. The van der Waals surface area contributed by atoms with E-state index in [0.717, 1.165) is 29.5 Å². The molecule has 11 heteroatoms. The summed E-state index contributed by atoms with van der Waals surface area (Å²) in [6.07, 6.45) is -3.35. The summed E-state index contributed by atoms with van der Waals surface area (Å²) in [6, 6.07) is 4.05. The zero-order chi connectivity index (χ0) is 21.3. The van der Waals surface area contributed by atoms with Gasteiger partial charge in [0.05, 0.1) is 36.6 Å². The number of hydrogen-bond acceptors (Lipinski definition) is 7. The molecule has 7 nitrogen and oxygen atoms in total. The second-order valence-electron chi connectivity index (χ2n) is 5.81. The van der Waals surface area contributed by atoms with Crippen LogP contribution in [0.2, 0.25) is 0 Å². The van der Waals surface area contributed by atoms with Crippen LogP contribution >= 0.6 is 11.3 Å². The lowest BCUT2D eigenvalue weighted by Crippen LogP contribution is -2.09. The van der Waals surface area contributed by atoms with Crippen LogP contribution in [0.5, 0.6) is 0 Å². The number of fused-ring (bicyclic) bond motifs is 1. The van der Waals surface area contributed by atoms with Crippen molar-refractivity contribution in [2.75, 3.05) is 14.2 Å². The van der Waals surface area contributed by atoms with E-state index >= 15 is 0 Å². The van der Waals surface area contributed by atoms with Gasteiger partial charge in [-0.1, -0.05) is 23.5 Å². The van der Waals surface area contributed by atoms with Gasteiger partial charge in [0.2, 0.25) is 16.6 Å². The molecule has 1 aromatic carbocycles. The lowest BCUT2D eigenvalue weighted by Gasteiger charge is -2.07. The highest BCUT2D eigenvalue weighted by Gasteiger charge is 2.31. The van der Waals surface area contributed by atoms with E-state index in [2.05, 4.69) is 10.1 Å². The minimum atomic E-state index is -4.57. The standard InChI is InChI=1S/C18H14F3N3O4S/c1-9-14(12(8-27-2)16(26)28-3)29-17-22-15(23-24(9)17)13(25)10-5-4-6-11(7-10)18(19,20)21/h4-8H,1-3H3/b12-8+. The smallest absolute Gasteiger partial charge is 0.416 e. The molecule has 0 spiro atoms. The number of nitrogens with zero attached hydrogens (tertiary/aromatic N) is 3. The van der Waals surface area contributed by atoms with Crippen molar-refractivity contribution in [3.63, 3.8) is 0 Å². The maximum atomic E-state index is 12.9. The van der Waals surface area contributed by atoms with Gasteiger partial charge in [0.25, 0.3) is 0 Å². The number of ether oxygens (including phenoxy) is 2. The van der Waals surface area contributed by atoms with Gasteiger partial charge >= 0.3 is 12.1 Å². The SMILES string of the molecule is CO/C=C(/C(=O)OC)c1sc2nc(C(=O)c3cccc(C(F)(F)F)c3)nn2c1C. The summed E-state index contributed by atoms with van der Waals surface area (Å²) in [6.45, 7) is 1.65. The fourth-order valence-corrected chi connectivity index (χ4v) is 3.63. The Bertz CT molecular complexity index is 1130. The molecular weight excluding hydrogens is 411 g/mol. The molecule has 0 aliphatic carbocycles. The number of aryl methyl sites for hydroxylation is 1. The Kier molecular flexibility index (Phi) is 5.42. The first-order valence-electron chi connectivity index (χ1n) is 8.07. The minimum absolute atomic E-state index is 0.149. The summed E-state index contributed by atoms with van der Waals surface area (Å²) < 4.78 is 49.6. The van der Waals surface area contributed by atoms with Crippen LogP contribution in [0, 0.1) is 6.92 Å². The van der Waals surface area contributed by atoms with Crippen LogP contribution in [0.1, 0.15) is 32.3 Å². The first-order valence-corrected chi connectivity index (χ1v) is 8.88. The Morgan fingerprint density at radius 3 is 2.55 bits per heavy atom. The van der Waals surface area contributed by atoms with E-state index in [1.54, 1.807) is 6.92 Å². The van der Waals surface area contributed by atoms with Gasteiger partial charge in [-0.25, -0.2) is 9.31 Å². The average molecular weight is 425 g/mol. The van der Waals surface area contributed by atoms with Crippen molar-refractivity contribution >= 4 is 33.6 Å². The highest BCUT2D eigenvalue weighted by atomic mass is 32.1. The number of carbonyl (C=O) groups is 2.